The second-order valence-electron chi connectivity index (χ2n) is 44.3. The highest BCUT2D eigenvalue weighted by Crippen LogP contribution is 2.57. The van der Waals surface area contributed by atoms with Crippen molar-refractivity contribution in [1.82, 2.24) is 0 Å². The fraction of sp³-hybridized carbons (Fsp3) is 0.518. The van der Waals surface area contributed by atoms with Crippen LogP contribution in [-0.4, -0.2) is 193 Å². The van der Waals surface area contributed by atoms with Gasteiger partial charge < -0.3 is 135 Å². The molecule has 11 aliphatic heterocycles. The van der Waals surface area contributed by atoms with Gasteiger partial charge in [-0.3, -0.25) is 19.2 Å². The number of phenolic OH excluding ortho intramolecular Hbond substituents is 12. The average Bonchev–Trinajstić information content (AvgIpc) is 1.51. The topological polar surface area (TPSA) is 460 Å². The Morgan fingerprint density at radius 1 is 0.322 bits per heavy atom. The predicted molar refractivity (Wildman–Crippen MR) is 550 cm³/mol. The largest absolute Gasteiger partial charge is 0.508 e. The van der Waals surface area contributed by atoms with Crippen molar-refractivity contribution in [2.75, 3.05) is 67.0 Å². The minimum atomic E-state index is -0.383. The molecule has 770 valence electrons. The summed E-state index contributed by atoms with van der Waals surface area (Å²) in [5.41, 5.74) is 4.99. The molecule has 0 saturated carbocycles. The Balaban J connectivity index is 0.000000137. The van der Waals surface area contributed by atoms with Gasteiger partial charge in [-0.15, -0.1) is 0 Å². The minimum absolute atomic E-state index is 0.0149. The lowest BCUT2D eigenvalue weighted by Gasteiger charge is -2.25. The van der Waals surface area contributed by atoms with E-state index in [4.69, 9.17) is 33.2 Å². The van der Waals surface area contributed by atoms with Crippen molar-refractivity contribution in [2.24, 2.45) is 23.7 Å². The van der Waals surface area contributed by atoms with Crippen LogP contribution in [0.4, 0.5) is 68.2 Å². The molecule has 16 N–H and O–H groups in total. The van der Waals surface area contributed by atoms with E-state index in [2.05, 4.69) is 132 Å². The number of nitrogens with zero attached hydrogens (tertiary/aromatic N) is 4. The SMILES string of the molecule is C/C(=C\CN1C(=O)c2cccc(O)c2Nc2c(O)cc(O)cc21)CCCC(C)CCC1OC1(C)C.CC(C)CCCC1(C)OC1CCC1(C)OC1CN1C(=O)c2cccc(O)c2Nc2c(O)cc(O)cc21.CC(CCC1OC1(C)CCC1OC1(C)C)CCN1C(=O)c2cccc(O)c2Nc2c(O)cc(O)cc21.CC(CCCC1(C)OC1CN1C(=O)c2cccc(O)c2Nc2c(O)cc(O)cc21)CCC1OC1(C)C. The zero-order chi connectivity index (χ0) is 103. The molecule has 0 aliphatic carbocycles. The summed E-state index contributed by atoms with van der Waals surface area (Å²) in [6, 6.07) is 29.5. The maximum atomic E-state index is 13.6. The molecule has 0 aromatic heterocycles. The van der Waals surface area contributed by atoms with E-state index in [9.17, 15) is 80.5 Å². The van der Waals surface area contributed by atoms with Gasteiger partial charge in [0.15, 0.2) is 0 Å². The second-order valence-corrected chi connectivity index (χ2v) is 44.3. The molecular weight excluding hydrogens is 1830 g/mol. The number of amides is 4. The van der Waals surface area contributed by atoms with E-state index in [1.54, 1.807) is 53.4 Å². The summed E-state index contributed by atoms with van der Waals surface area (Å²) in [5, 5.41) is 136. The summed E-state index contributed by atoms with van der Waals surface area (Å²) in [5.74, 6) is -0.833. The van der Waals surface area contributed by atoms with E-state index < -0.39 is 0 Å². The summed E-state index contributed by atoms with van der Waals surface area (Å²) in [7, 11) is 0. The van der Waals surface area contributed by atoms with Crippen LogP contribution in [0.15, 0.2) is 133 Å². The number of hydrogen-bond donors (Lipinski definition) is 16. The smallest absolute Gasteiger partial charge is 0.260 e. The van der Waals surface area contributed by atoms with Crippen molar-refractivity contribution in [1.29, 1.82) is 0 Å². The van der Waals surface area contributed by atoms with Crippen molar-refractivity contribution in [3.8, 4) is 69.0 Å². The summed E-state index contributed by atoms with van der Waals surface area (Å²) in [6.45, 7) is 35.8. The van der Waals surface area contributed by atoms with Crippen LogP contribution in [0.3, 0.4) is 0 Å². The Labute approximate surface area is 837 Å². The number of fused-ring (bicyclic) bond motifs is 8. The lowest BCUT2D eigenvalue weighted by atomic mass is 9.92. The fourth-order valence-electron chi connectivity index (χ4n) is 20.9. The lowest BCUT2D eigenvalue weighted by molar-refractivity contribution is 0.0978. The van der Waals surface area contributed by atoms with Crippen molar-refractivity contribution < 1.29 is 114 Å². The van der Waals surface area contributed by atoms with Gasteiger partial charge in [0.25, 0.3) is 23.6 Å². The monoisotopic (exact) mass is 1970 g/mol. The standard InChI is InChI=1S/3C28H36N2O6.C28H36N2O5/c1-16(10-11-22-27(2,3)35-22)7-6-12-28(4)23(36-28)15-30-19-13-17(31)14-21(33)25(19)29-24-18(26(30)34)8-5-9-20(24)32;1-16(2)7-6-11-27(3)22(35-27)10-12-28(4)23(36-28)15-30-19-13-17(31)14-21(33)25(19)29-24-18(26(30)34)8-5-9-20(24)32;1-16(8-9-23-28(4,36-23)12-10-22-27(2,3)35-22)11-13-30-19-14-17(31)15-21(33)25(19)29-24-18(26(30)34)6-5-7-20(24)32;1-17(11-12-24-28(3,4)35-24)7-5-8-18(2)13-14-30-21-15-19(31)16-23(33)26(21)29-25-20(27(30)34)9-6-10-22(25)32/h2*5,8-9,13-14,16,22-23,29,31-33H,6-7,10-12,15H2,1-4H3;5-7,14-16,22-23,29,31-33H,8-13H2,1-4H3;6,9-10,13,15-17,24,29,31-33H,5,7-8,11-12,14H2,1-4H3/b;;;18-13+. The maximum absolute atomic E-state index is 13.6. The zero-order valence-electron chi connectivity index (χ0n) is 85.1. The van der Waals surface area contributed by atoms with Gasteiger partial charge in [0.1, 0.15) is 104 Å². The number of anilines is 12. The third kappa shape index (κ3) is 23.6. The summed E-state index contributed by atoms with van der Waals surface area (Å²) in [6.07, 6.45) is 23.9. The van der Waals surface area contributed by atoms with E-state index in [1.165, 1.54) is 112 Å². The van der Waals surface area contributed by atoms with Crippen LogP contribution in [0.25, 0.3) is 0 Å². The molecule has 4 amide bonds. The first-order valence-corrected chi connectivity index (χ1v) is 50.8. The quantitative estimate of drug-likeness (QED) is 0.00750. The van der Waals surface area contributed by atoms with Crippen LogP contribution in [0, 0.1) is 23.7 Å². The van der Waals surface area contributed by atoms with E-state index in [1.807, 2.05) is 6.08 Å². The number of hydrogen-bond acceptors (Lipinski definition) is 27. The van der Waals surface area contributed by atoms with E-state index >= 15 is 0 Å². The fourth-order valence-corrected chi connectivity index (χ4v) is 20.9. The molecule has 31 heteroatoms. The maximum Gasteiger partial charge on any atom is 0.260 e. The van der Waals surface area contributed by atoms with Crippen molar-refractivity contribution in [3.05, 3.63) is 155 Å². The Bertz CT molecular complexity index is 6140. The molecular formula is C112H144N8O23. The number of ether oxygens (including phenoxy) is 7. The van der Waals surface area contributed by atoms with Gasteiger partial charge >= 0.3 is 0 Å². The normalized spacial score (nSPS) is 25.2. The van der Waals surface area contributed by atoms with Gasteiger partial charge in [0, 0.05) is 61.6 Å². The molecule has 14 atom stereocenters. The van der Waals surface area contributed by atoms with Crippen LogP contribution in [-0.2, 0) is 33.2 Å². The molecule has 31 nitrogen and oxygen atoms in total. The van der Waals surface area contributed by atoms with Gasteiger partial charge in [-0.05, 0) is 245 Å². The van der Waals surface area contributed by atoms with Crippen molar-refractivity contribution in [2.45, 2.75) is 321 Å². The number of rotatable bonds is 36. The van der Waals surface area contributed by atoms with Gasteiger partial charge in [0.2, 0.25) is 0 Å². The summed E-state index contributed by atoms with van der Waals surface area (Å²) >= 11 is 0. The number of carbonyl (C=O) groups excluding carboxylic acids is 4. The van der Waals surface area contributed by atoms with Gasteiger partial charge in [-0.2, -0.15) is 0 Å². The first kappa shape index (κ1) is 104. The molecule has 8 aromatic rings. The molecule has 7 fully saturated rings. The molecule has 19 rings (SSSR count). The number of phenols is 12. The molecule has 11 heterocycles. The van der Waals surface area contributed by atoms with E-state index in [0.29, 0.717) is 82.4 Å². The highest BCUT2D eigenvalue weighted by atomic mass is 16.6. The number of allylic oxidation sites excluding steroid dienone is 1. The summed E-state index contributed by atoms with van der Waals surface area (Å²) in [4.78, 5) is 60.2. The Hall–Kier alpha value is -12.1. The number of para-hydroxylation sites is 4. The van der Waals surface area contributed by atoms with Crippen LogP contribution in [0.1, 0.15) is 281 Å². The van der Waals surface area contributed by atoms with Crippen LogP contribution < -0.4 is 40.9 Å². The van der Waals surface area contributed by atoms with Crippen molar-refractivity contribution in [3.63, 3.8) is 0 Å². The lowest BCUT2D eigenvalue weighted by Crippen LogP contribution is -2.35. The van der Waals surface area contributed by atoms with Crippen LogP contribution in [0.2, 0.25) is 0 Å². The van der Waals surface area contributed by atoms with Crippen molar-refractivity contribution >= 4 is 91.9 Å². The highest BCUT2D eigenvalue weighted by molar-refractivity contribution is 6.18. The molecule has 11 aliphatic rings. The van der Waals surface area contributed by atoms with Gasteiger partial charge in [-0.25, -0.2) is 0 Å². The first-order chi connectivity index (χ1) is 67.5. The molecule has 8 aromatic carbocycles. The Morgan fingerprint density at radius 3 is 0.986 bits per heavy atom. The zero-order valence-corrected chi connectivity index (χ0v) is 85.1. The number of carbonyl (C=O) groups is 4. The number of aromatic hydroxyl groups is 12. The molecule has 7 saturated heterocycles. The summed E-state index contributed by atoms with van der Waals surface area (Å²) < 4.78 is 41.4. The molecule has 143 heavy (non-hydrogen) atoms. The molecule has 0 bridgehead atoms. The molecule has 0 spiro atoms. The Morgan fingerprint density at radius 2 is 0.608 bits per heavy atom. The van der Waals surface area contributed by atoms with Crippen LogP contribution >= 0.6 is 0 Å². The molecule has 0 radical (unpaired) electrons. The number of epoxide rings is 7. The second kappa shape index (κ2) is 40.8. The number of nitrogens with one attached hydrogen (secondary N) is 4. The average molecular weight is 1970 g/mol. The van der Waals surface area contributed by atoms with Crippen LogP contribution in [0.5, 0.6) is 69.0 Å². The van der Waals surface area contributed by atoms with E-state index in [0.717, 1.165) is 109 Å². The molecule has 14 unspecified atom stereocenters. The predicted octanol–water partition coefficient (Wildman–Crippen LogP) is 22.5. The number of benzene rings is 8. The first-order valence-electron chi connectivity index (χ1n) is 50.8. The third-order valence-corrected chi connectivity index (χ3v) is 31.0. The van der Waals surface area contributed by atoms with Gasteiger partial charge in [0.05, 0.1) is 151 Å². The third-order valence-electron chi connectivity index (χ3n) is 31.0. The van der Waals surface area contributed by atoms with Gasteiger partial charge in [-0.1, -0.05) is 103 Å². The Kier molecular flexibility index (Phi) is 29.6. The highest BCUT2D eigenvalue weighted by Gasteiger charge is 2.59. The minimum Gasteiger partial charge on any atom is -0.508 e. The van der Waals surface area contributed by atoms with E-state index in [-0.39, 0.29) is 233 Å².